The van der Waals surface area contributed by atoms with E-state index in [-0.39, 0.29) is 11.6 Å². The van der Waals surface area contributed by atoms with Crippen molar-refractivity contribution in [2.45, 2.75) is 18.9 Å². The predicted molar refractivity (Wildman–Crippen MR) is 65.3 cm³/mol. The summed E-state index contributed by atoms with van der Waals surface area (Å²) in [6, 6.07) is 5.03. The van der Waals surface area contributed by atoms with Crippen molar-refractivity contribution < 1.29 is 18.8 Å². The first-order valence-electron chi connectivity index (χ1n) is 6.22. The van der Waals surface area contributed by atoms with Gasteiger partial charge in [0.15, 0.2) is 11.5 Å². The van der Waals surface area contributed by atoms with E-state index in [9.17, 15) is 9.90 Å². The lowest BCUT2D eigenvalue weighted by molar-refractivity contribution is 0.0465. The third-order valence-corrected chi connectivity index (χ3v) is 3.18. The number of aliphatic hydroxyl groups is 1. The van der Waals surface area contributed by atoms with Crippen molar-refractivity contribution in [3.05, 3.63) is 30.2 Å². The van der Waals surface area contributed by atoms with E-state index in [1.54, 1.807) is 23.1 Å². The van der Waals surface area contributed by atoms with Crippen molar-refractivity contribution in [2.75, 3.05) is 13.1 Å². The maximum absolute atomic E-state index is 12.2. The Labute approximate surface area is 109 Å². The number of amides is 1. The number of aliphatic hydroxyl groups excluding tert-OH is 1. The molecule has 1 atom stereocenters. The first-order chi connectivity index (χ1) is 9.24. The number of aromatic nitrogens is 1. The van der Waals surface area contributed by atoms with Gasteiger partial charge < -0.3 is 18.9 Å². The van der Waals surface area contributed by atoms with Crippen LogP contribution in [-0.4, -0.2) is 40.3 Å². The summed E-state index contributed by atoms with van der Waals surface area (Å²) in [5.74, 6) is 0.733. The smallest absolute Gasteiger partial charge is 0.276 e. The van der Waals surface area contributed by atoms with Crippen LogP contribution in [0.1, 0.15) is 23.3 Å². The highest BCUT2D eigenvalue weighted by Gasteiger charge is 2.25. The molecule has 6 heteroatoms. The number of furan rings is 1. The Balaban J connectivity index is 1.77. The fourth-order valence-corrected chi connectivity index (χ4v) is 2.21. The predicted octanol–water partition coefficient (Wildman–Crippen LogP) is 1.53. The number of β-amino-alcohol motifs (C(OH)–C–C–N with tert-alkyl or cyclic N) is 1. The molecule has 1 aliphatic heterocycles. The molecule has 1 unspecified atom stereocenters. The Morgan fingerprint density at radius 3 is 3.11 bits per heavy atom. The molecule has 0 saturated carbocycles. The zero-order valence-electron chi connectivity index (χ0n) is 10.3. The summed E-state index contributed by atoms with van der Waals surface area (Å²) in [5, 5.41) is 13.3. The molecule has 6 nitrogen and oxygen atoms in total. The molecule has 3 rings (SSSR count). The fourth-order valence-electron chi connectivity index (χ4n) is 2.21. The summed E-state index contributed by atoms with van der Waals surface area (Å²) < 4.78 is 10.3. The van der Waals surface area contributed by atoms with Crippen LogP contribution in [-0.2, 0) is 0 Å². The van der Waals surface area contributed by atoms with Gasteiger partial charge in [-0.15, -0.1) is 0 Å². The molecule has 1 N–H and O–H groups in total. The third kappa shape index (κ3) is 2.39. The van der Waals surface area contributed by atoms with Gasteiger partial charge in [0.05, 0.1) is 12.4 Å². The molecule has 3 heterocycles. The van der Waals surface area contributed by atoms with Crippen LogP contribution in [0.3, 0.4) is 0 Å². The van der Waals surface area contributed by atoms with E-state index < -0.39 is 6.10 Å². The molecule has 2 aromatic rings. The second kappa shape index (κ2) is 4.89. The number of hydrogen-bond acceptors (Lipinski definition) is 5. The van der Waals surface area contributed by atoms with Crippen LogP contribution in [0, 0.1) is 0 Å². The highest BCUT2D eigenvalue weighted by atomic mass is 16.5. The Bertz CT molecular complexity index is 561. The molecule has 0 aromatic carbocycles. The Kier molecular flexibility index (Phi) is 3.08. The van der Waals surface area contributed by atoms with Crippen molar-refractivity contribution in [3.63, 3.8) is 0 Å². The molecule has 100 valence electrons. The minimum Gasteiger partial charge on any atom is -0.461 e. The van der Waals surface area contributed by atoms with Crippen molar-refractivity contribution in [1.29, 1.82) is 0 Å². The maximum atomic E-state index is 12.2. The van der Waals surface area contributed by atoms with Gasteiger partial charge in [-0.3, -0.25) is 4.79 Å². The van der Waals surface area contributed by atoms with Gasteiger partial charge in [-0.05, 0) is 25.0 Å². The van der Waals surface area contributed by atoms with Gasteiger partial charge in [0, 0.05) is 19.2 Å². The monoisotopic (exact) mass is 262 g/mol. The molecule has 0 aliphatic carbocycles. The van der Waals surface area contributed by atoms with Crippen LogP contribution < -0.4 is 0 Å². The van der Waals surface area contributed by atoms with Crippen molar-refractivity contribution in [1.82, 2.24) is 10.1 Å². The minimum absolute atomic E-state index is 0.222. The second-order valence-electron chi connectivity index (χ2n) is 4.60. The van der Waals surface area contributed by atoms with Crippen LogP contribution in [0.5, 0.6) is 0 Å². The van der Waals surface area contributed by atoms with Gasteiger partial charge in [-0.1, -0.05) is 5.16 Å². The van der Waals surface area contributed by atoms with E-state index in [0.29, 0.717) is 24.6 Å². The normalized spacial score (nSPS) is 19.6. The molecule has 1 fully saturated rings. The van der Waals surface area contributed by atoms with E-state index in [1.807, 2.05) is 0 Å². The lowest BCUT2D eigenvalue weighted by Gasteiger charge is -2.29. The molecule has 0 bridgehead atoms. The average Bonchev–Trinajstić information content (AvgIpc) is 3.08. The SMILES string of the molecule is O=C(c1cc(-c2ccco2)on1)N1CCCC(O)C1. The summed E-state index contributed by atoms with van der Waals surface area (Å²) in [6.45, 7) is 0.987. The number of carbonyl (C=O) groups excluding carboxylic acids is 1. The standard InChI is InChI=1S/C13H14N2O4/c16-9-3-1-5-15(8-9)13(17)10-7-12(19-14-10)11-4-2-6-18-11/h2,4,6-7,9,16H,1,3,5,8H2. The summed E-state index contributed by atoms with van der Waals surface area (Å²) in [7, 11) is 0. The van der Waals surface area contributed by atoms with E-state index in [0.717, 1.165) is 12.8 Å². The van der Waals surface area contributed by atoms with Gasteiger partial charge in [-0.2, -0.15) is 0 Å². The second-order valence-corrected chi connectivity index (χ2v) is 4.60. The highest BCUT2D eigenvalue weighted by molar-refractivity contribution is 5.93. The van der Waals surface area contributed by atoms with Crippen LogP contribution in [0.4, 0.5) is 0 Å². The first kappa shape index (κ1) is 12.0. The van der Waals surface area contributed by atoms with E-state index in [1.165, 1.54) is 6.26 Å². The van der Waals surface area contributed by atoms with Crippen LogP contribution in [0.25, 0.3) is 11.5 Å². The number of likely N-dealkylation sites (tertiary alicyclic amines) is 1. The first-order valence-corrected chi connectivity index (χ1v) is 6.22. The molecule has 2 aromatic heterocycles. The van der Waals surface area contributed by atoms with Gasteiger partial charge in [-0.25, -0.2) is 0 Å². The lowest BCUT2D eigenvalue weighted by atomic mass is 10.1. The van der Waals surface area contributed by atoms with E-state index in [2.05, 4.69) is 5.16 Å². The van der Waals surface area contributed by atoms with Gasteiger partial charge in [0.25, 0.3) is 5.91 Å². The molecule has 1 saturated heterocycles. The summed E-state index contributed by atoms with van der Waals surface area (Å²) in [5.41, 5.74) is 0.237. The van der Waals surface area contributed by atoms with E-state index >= 15 is 0 Å². The maximum Gasteiger partial charge on any atom is 0.276 e. The van der Waals surface area contributed by atoms with Crippen LogP contribution in [0.2, 0.25) is 0 Å². The van der Waals surface area contributed by atoms with Gasteiger partial charge in [0.2, 0.25) is 5.76 Å². The highest BCUT2D eigenvalue weighted by Crippen LogP contribution is 2.22. The number of piperidine rings is 1. The quantitative estimate of drug-likeness (QED) is 0.887. The number of hydrogen-bond donors (Lipinski definition) is 1. The third-order valence-electron chi connectivity index (χ3n) is 3.18. The van der Waals surface area contributed by atoms with E-state index in [4.69, 9.17) is 8.94 Å². The Hall–Kier alpha value is -2.08. The van der Waals surface area contributed by atoms with Gasteiger partial charge in [0.1, 0.15) is 0 Å². The number of rotatable bonds is 2. The molecule has 1 aliphatic rings. The Morgan fingerprint density at radius 2 is 2.37 bits per heavy atom. The van der Waals surface area contributed by atoms with Crippen molar-refractivity contribution in [2.24, 2.45) is 0 Å². The number of nitrogens with zero attached hydrogens (tertiary/aromatic N) is 2. The zero-order valence-corrected chi connectivity index (χ0v) is 10.3. The fraction of sp³-hybridized carbons (Fsp3) is 0.385. The van der Waals surface area contributed by atoms with Gasteiger partial charge >= 0.3 is 0 Å². The molecule has 1 amide bonds. The molecule has 0 spiro atoms. The summed E-state index contributed by atoms with van der Waals surface area (Å²) in [6.07, 6.45) is 2.62. The topological polar surface area (TPSA) is 79.7 Å². The Morgan fingerprint density at radius 1 is 1.47 bits per heavy atom. The summed E-state index contributed by atoms with van der Waals surface area (Å²) >= 11 is 0. The number of carbonyl (C=O) groups is 1. The largest absolute Gasteiger partial charge is 0.461 e. The average molecular weight is 262 g/mol. The molecular formula is C13H14N2O4. The molecular weight excluding hydrogens is 248 g/mol. The molecule has 19 heavy (non-hydrogen) atoms. The van der Waals surface area contributed by atoms with Crippen molar-refractivity contribution >= 4 is 5.91 Å². The van der Waals surface area contributed by atoms with Crippen molar-refractivity contribution in [3.8, 4) is 11.5 Å². The van der Waals surface area contributed by atoms with Crippen LogP contribution in [0.15, 0.2) is 33.4 Å². The lowest BCUT2D eigenvalue weighted by Crippen LogP contribution is -2.42. The molecule has 0 radical (unpaired) electrons. The zero-order chi connectivity index (χ0) is 13.2. The van der Waals surface area contributed by atoms with Crippen LogP contribution >= 0.6 is 0 Å². The summed E-state index contributed by atoms with van der Waals surface area (Å²) in [4.78, 5) is 13.8. The minimum atomic E-state index is -0.450.